The molecule has 0 aromatic heterocycles. The molecule has 1 aliphatic rings. The maximum Gasteiger partial charge on any atom is 0.315 e. The van der Waals surface area contributed by atoms with Gasteiger partial charge >= 0.3 is 5.97 Å². The minimum atomic E-state index is -0.191. The number of benzene rings is 1. The van der Waals surface area contributed by atoms with E-state index < -0.39 is 0 Å². The molecule has 0 saturated carbocycles. The Bertz CT molecular complexity index is 420. The lowest BCUT2D eigenvalue weighted by Gasteiger charge is -2.13. The summed E-state index contributed by atoms with van der Waals surface area (Å²) in [5.74, 6) is 0.425. The van der Waals surface area contributed by atoms with Gasteiger partial charge in [-0.2, -0.15) is 0 Å². The smallest absolute Gasteiger partial charge is 0.315 e. The minimum absolute atomic E-state index is 0.191. The molecule has 0 spiro atoms. The number of nitrogens with one attached hydrogen (secondary N) is 1. The molecule has 17 heavy (non-hydrogen) atoms. The number of aryl methyl sites for hydroxylation is 1. The number of rotatable bonds is 3. The predicted octanol–water partition coefficient (Wildman–Crippen LogP) is 2.21. The fourth-order valence-electron chi connectivity index (χ4n) is 1.79. The highest BCUT2D eigenvalue weighted by Gasteiger charge is 2.10. The fraction of sp³-hybridized carbons (Fsp3) is 0.357. The average Bonchev–Trinajstić information content (AvgIpc) is 2.33. The average molecular weight is 231 g/mol. The van der Waals surface area contributed by atoms with Gasteiger partial charge in [0, 0.05) is 6.54 Å². The minimum Gasteiger partial charge on any atom is -0.426 e. The monoisotopic (exact) mass is 231 g/mol. The fourth-order valence-corrected chi connectivity index (χ4v) is 1.79. The van der Waals surface area contributed by atoms with Gasteiger partial charge in [-0.05, 0) is 37.6 Å². The van der Waals surface area contributed by atoms with Crippen LogP contribution >= 0.6 is 0 Å². The number of hydrogen-bond acceptors (Lipinski definition) is 3. The molecule has 0 fully saturated rings. The Kier molecular flexibility index (Phi) is 3.94. The van der Waals surface area contributed by atoms with Crippen molar-refractivity contribution in [2.45, 2.75) is 19.8 Å². The van der Waals surface area contributed by atoms with E-state index in [0.717, 1.165) is 30.6 Å². The van der Waals surface area contributed by atoms with Gasteiger partial charge in [0.25, 0.3) is 0 Å². The van der Waals surface area contributed by atoms with Crippen LogP contribution in [0.25, 0.3) is 0 Å². The van der Waals surface area contributed by atoms with E-state index in [1.807, 2.05) is 31.2 Å². The van der Waals surface area contributed by atoms with Crippen LogP contribution in [-0.2, 0) is 4.79 Å². The Morgan fingerprint density at radius 1 is 1.35 bits per heavy atom. The first-order valence-corrected chi connectivity index (χ1v) is 5.90. The summed E-state index contributed by atoms with van der Waals surface area (Å²) in [5.41, 5.74) is 2.28. The lowest BCUT2D eigenvalue weighted by Crippen LogP contribution is -2.24. The van der Waals surface area contributed by atoms with Crippen LogP contribution in [0.1, 0.15) is 18.4 Å². The van der Waals surface area contributed by atoms with Gasteiger partial charge in [0.05, 0.1) is 6.42 Å². The van der Waals surface area contributed by atoms with Crippen molar-refractivity contribution in [3.63, 3.8) is 0 Å². The van der Waals surface area contributed by atoms with E-state index in [-0.39, 0.29) is 5.97 Å². The third kappa shape index (κ3) is 3.71. The van der Waals surface area contributed by atoms with Crippen LogP contribution < -0.4 is 10.1 Å². The molecule has 1 N–H and O–H groups in total. The molecule has 0 aliphatic carbocycles. The van der Waals surface area contributed by atoms with Crippen molar-refractivity contribution in [3.8, 4) is 5.75 Å². The highest BCUT2D eigenvalue weighted by atomic mass is 16.5. The van der Waals surface area contributed by atoms with E-state index in [1.54, 1.807) is 0 Å². The molecule has 0 bridgehead atoms. The Morgan fingerprint density at radius 2 is 2.12 bits per heavy atom. The van der Waals surface area contributed by atoms with E-state index >= 15 is 0 Å². The molecule has 3 heteroatoms. The number of hydrogen-bond donors (Lipinski definition) is 1. The van der Waals surface area contributed by atoms with E-state index in [4.69, 9.17) is 4.74 Å². The largest absolute Gasteiger partial charge is 0.426 e. The first-order valence-electron chi connectivity index (χ1n) is 5.90. The molecule has 90 valence electrons. The Balaban J connectivity index is 1.88. The van der Waals surface area contributed by atoms with Crippen LogP contribution in [0.3, 0.4) is 0 Å². The lowest BCUT2D eigenvalue weighted by atomic mass is 10.1. The molecule has 1 aliphatic heterocycles. The van der Waals surface area contributed by atoms with Crippen molar-refractivity contribution >= 4 is 5.97 Å². The summed E-state index contributed by atoms with van der Waals surface area (Å²) in [6.07, 6.45) is 3.49. The van der Waals surface area contributed by atoms with Gasteiger partial charge in [-0.15, -0.1) is 0 Å². The number of carbonyl (C=O) groups excluding carboxylic acids is 1. The number of esters is 1. The zero-order chi connectivity index (χ0) is 12.1. The maximum absolute atomic E-state index is 11.7. The zero-order valence-electron chi connectivity index (χ0n) is 10.0. The molecule has 0 atom stereocenters. The van der Waals surface area contributed by atoms with E-state index in [1.165, 1.54) is 0 Å². The third-order valence-corrected chi connectivity index (χ3v) is 2.73. The van der Waals surface area contributed by atoms with Gasteiger partial charge in [0.15, 0.2) is 0 Å². The van der Waals surface area contributed by atoms with Gasteiger partial charge in [-0.25, -0.2) is 0 Å². The molecule has 1 aromatic carbocycles. The van der Waals surface area contributed by atoms with E-state index in [9.17, 15) is 4.79 Å². The van der Waals surface area contributed by atoms with Crippen LogP contribution in [0.4, 0.5) is 0 Å². The second-order valence-electron chi connectivity index (χ2n) is 4.29. The predicted molar refractivity (Wildman–Crippen MR) is 67.0 cm³/mol. The van der Waals surface area contributed by atoms with Crippen molar-refractivity contribution in [2.75, 3.05) is 13.1 Å². The highest BCUT2D eigenvalue weighted by Crippen LogP contribution is 2.14. The first-order chi connectivity index (χ1) is 8.24. The van der Waals surface area contributed by atoms with Crippen molar-refractivity contribution in [2.24, 2.45) is 0 Å². The van der Waals surface area contributed by atoms with E-state index in [0.29, 0.717) is 12.2 Å². The van der Waals surface area contributed by atoms with Crippen molar-refractivity contribution < 1.29 is 9.53 Å². The molecule has 0 saturated heterocycles. The van der Waals surface area contributed by atoms with Gasteiger partial charge in [0.1, 0.15) is 5.75 Å². The molecular weight excluding hydrogens is 214 g/mol. The van der Waals surface area contributed by atoms with Crippen LogP contribution in [0.2, 0.25) is 0 Å². The number of ether oxygens (including phenoxy) is 1. The topological polar surface area (TPSA) is 38.3 Å². The van der Waals surface area contributed by atoms with Crippen LogP contribution in [0.15, 0.2) is 35.9 Å². The molecule has 0 radical (unpaired) electrons. The summed E-state index contributed by atoms with van der Waals surface area (Å²) >= 11 is 0. The molecule has 2 rings (SSSR count). The second-order valence-corrected chi connectivity index (χ2v) is 4.29. The van der Waals surface area contributed by atoms with Gasteiger partial charge in [-0.3, -0.25) is 4.79 Å². The van der Waals surface area contributed by atoms with Gasteiger partial charge in [0.2, 0.25) is 0 Å². The summed E-state index contributed by atoms with van der Waals surface area (Å²) < 4.78 is 5.26. The molecule has 1 heterocycles. The van der Waals surface area contributed by atoms with Crippen LogP contribution in [0, 0.1) is 6.92 Å². The van der Waals surface area contributed by atoms with Crippen LogP contribution in [-0.4, -0.2) is 19.1 Å². The Morgan fingerprint density at radius 3 is 2.76 bits per heavy atom. The summed E-state index contributed by atoms with van der Waals surface area (Å²) in [5, 5.41) is 3.24. The summed E-state index contributed by atoms with van der Waals surface area (Å²) in [7, 11) is 0. The van der Waals surface area contributed by atoms with Crippen molar-refractivity contribution in [1.29, 1.82) is 0 Å². The lowest BCUT2D eigenvalue weighted by molar-refractivity contribution is -0.133. The number of carbonyl (C=O) groups is 1. The Hall–Kier alpha value is -1.61. The molecule has 1 aromatic rings. The SMILES string of the molecule is Cc1ccc(OC(=O)CC2=CCCNC2)cc1. The Labute approximate surface area is 101 Å². The first kappa shape index (κ1) is 11.9. The van der Waals surface area contributed by atoms with Crippen molar-refractivity contribution in [3.05, 3.63) is 41.5 Å². The molecule has 0 unspecified atom stereocenters. The van der Waals surface area contributed by atoms with Gasteiger partial charge < -0.3 is 10.1 Å². The van der Waals surface area contributed by atoms with Gasteiger partial charge in [-0.1, -0.05) is 23.8 Å². The summed E-state index contributed by atoms with van der Waals surface area (Å²) in [6.45, 7) is 3.80. The molecule has 0 amide bonds. The second kappa shape index (κ2) is 5.64. The third-order valence-electron chi connectivity index (χ3n) is 2.73. The van der Waals surface area contributed by atoms with Crippen molar-refractivity contribution in [1.82, 2.24) is 5.32 Å². The maximum atomic E-state index is 11.7. The highest BCUT2D eigenvalue weighted by molar-refractivity contribution is 5.75. The summed E-state index contributed by atoms with van der Waals surface area (Å²) in [6, 6.07) is 7.51. The standard InChI is InChI=1S/C14H17NO2/c1-11-4-6-13(7-5-11)17-14(16)9-12-3-2-8-15-10-12/h3-7,15H,2,8-10H2,1H3. The summed E-state index contributed by atoms with van der Waals surface area (Å²) in [4.78, 5) is 11.7. The molecule has 3 nitrogen and oxygen atoms in total. The molecular formula is C14H17NO2. The van der Waals surface area contributed by atoms with E-state index in [2.05, 4.69) is 11.4 Å². The zero-order valence-corrected chi connectivity index (χ0v) is 10.0. The quantitative estimate of drug-likeness (QED) is 0.492. The van der Waals surface area contributed by atoms with Crippen LogP contribution in [0.5, 0.6) is 5.75 Å². The normalized spacial score (nSPS) is 15.2.